The fourth-order valence-electron chi connectivity index (χ4n) is 12.3. The molecule has 0 spiro atoms. The molecule has 4 aliphatic heterocycles. The number of aromatic nitrogens is 6. The minimum absolute atomic E-state index is 0.0143. The zero-order valence-electron chi connectivity index (χ0n) is 46.8. The molecule has 0 aliphatic carbocycles. The third-order valence-electron chi connectivity index (χ3n) is 16.5. The van der Waals surface area contributed by atoms with E-state index in [0.29, 0.717) is 97.3 Å². The van der Waals surface area contributed by atoms with Gasteiger partial charge in [-0.2, -0.15) is 28.4 Å². The van der Waals surface area contributed by atoms with Crippen LogP contribution in [-0.4, -0.2) is 115 Å². The van der Waals surface area contributed by atoms with E-state index in [-0.39, 0.29) is 91.3 Å². The maximum absolute atomic E-state index is 16.0. The average Bonchev–Trinajstić information content (AvgIpc) is 1.24. The fraction of sp³-hybridized carbons (Fsp3) is 0.377. The van der Waals surface area contributed by atoms with Crippen molar-refractivity contribution < 1.29 is 50.9 Å². The summed E-state index contributed by atoms with van der Waals surface area (Å²) in [6, 6.07) is 16.6. The molecule has 5 N–H and O–H groups in total. The zero-order valence-corrected chi connectivity index (χ0v) is 48.8. The molecule has 4 saturated heterocycles. The summed E-state index contributed by atoms with van der Waals surface area (Å²) in [6.45, 7) is 5.13. The molecule has 0 radical (unpaired) electrons. The van der Waals surface area contributed by atoms with Gasteiger partial charge < -0.3 is 45.5 Å². The standard InChI is InChI=1S/C61H60F5N12O6PS/c1-31(2)53(59(81)77-19-3-4-47(77)58(80)71-46(29-79)34-9-11-35(12-10-34)49-44(63)24-69-25-48(49)85)78-28-45(74-75-78)33-7-5-32(6-8-33)30-83-54-51(39-15-16-43(62)55-50(39)41(23-67)56(68)86-55)42(61(64,65)66)22-40-52(54)72-60(84-38-17-20-82-21-18-38)73-57(40)76-26-36-13-14-37(27-76)70-36/h5-12,15-16,22,24-25,28,31,36-38,46-47,53,70,79H,3-4,13-14,17-21,26-27,29-30,68,85H2,1-2H3,(H,71,80). The molecule has 4 fully saturated rings. The van der Waals surface area contributed by atoms with Gasteiger partial charge >= 0.3 is 12.2 Å². The Hall–Kier alpha value is -7.94. The highest BCUT2D eigenvalue weighted by molar-refractivity contribution is 7.28. The second kappa shape index (κ2) is 24.1. The first kappa shape index (κ1) is 58.4. The molecule has 25 heteroatoms. The number of nitrogen functional groups attached to an aromatic ring is 1. The normalized spacial score (nSPS) is 18.9. The maximum Gasteiger partial charge on any atom is 0.417 e. The van der Waals surface area contributed by atoms with Crippen LogP contribution < -0.4 is 36.0 Å². The molecule has 18 nitrogen and oxygen atoms in total. The lowest BCUT2D eigenvalue weighted by Crippen LogP contribution is -2.51. The molecule has 6 unspecified atom stereocenters. The van der Waals surface area contributed by atoms with E-state index in [9.17, 15) is 24.3 Å². The second-order valence-corrected chi connectivity index (χ2v) is 24.1. The number of nitrogens with one attached hydrogen (secondary N) is 2. The largest absolute Gasteiger partial charge is 0.486 e. The number of carbonyl (C=O) groups is 2. The van der Waals surface area contributed by atoms with Gasteiger partial charge in [-0.05, 0) is 71.3 Å². The maximum atomic E-state index is 16.0. The van der Waals surface area contributed by atoms with E-state index in [1.165, 1.54) is 21.8 Å². The molecular formula is C61H60F5N12O6PS. The smallest absolute Gasteiger partial charge is 0.417 e. The summed E-state index contributed by atoms with van der Waals surface area (Å²) in [5.74, 6) is -2.38. The molecular weight excluding hydrogens is 1150 g/mol. The fourth-order valence-corrected chi connectivity index (χ4v) is 13.7. The van der Waals surface area contributed by atoms with Crippen LogP contribution >= 0.6 is 20.6 Å². The Kier molecular flexibility index (Phi) is 16.4. The molecule has 8 aromatic rings. The van der Waals surface area contributed by atoms with Crippen LogP contribution in [0.3, 0.4) is 0 Å². The van der Waals surface area contributed by atoms with Gasteiger partial charge in [0.25, 0.3) is 0 Å². The Morgan fingerprint density at radius 3 is 2.38 bits per heavy atom. The molecule has 4 aromatic heterocycles. The molecule has 0 saturated carbocycles. The van der Waals surface area contributed by atoms with Crippen LogP contribution in [0.2, 0.25) is 0 Å². The Morgan fingerprint density at radius 2 is 1.70 bits per heavy atom. The number of carbonyl (C=O) groups excluding carboxylic acids is 2. The number of nitriles is 1. The van der Waals surface area contributed by atoms with E-state index in [1.54, 1.807) is 54.7 Å². The van der Waals surface area contributed by atoms with Crippen molar-refractivity contribution in [2.75, 3.05) is 50.1 Å². The van der Waals surface area contributed by atoms with E-state index < -0.39 is 59.6 Å². The SMILES string of the molecule is CC(C)C(C(=O)N1CCCC1C(=O)NC(CO)c1ccc(-c2c(F)cncc2P)cc1)n1cc(-c2ccc(COc3c(-c4ccc(F)c5sc(N)c(C#N)c45)c(C(F)(F)F)cc4c(N5CC6CCC(C5)N6)nc(OC5CCOCC5)nc34)cc2)nn1. The Morgan fingerprint density at radius 1 is 0.965 bits per heavy atom. The van der Waals surface area contributed by atoms with Crippen LogP contribution in [0, 0.1) is 28.9 Å². The number of thiophene rings is 1. The van der Waals surface area contributed by atoms with Gasteiger partial charge in [0.1, 0.15) is 64.5 Å². The highest BCUT2D eigenvalue weighted by Crippen LogP contribution is 2.52. The summed E-state index contributed by atoms with van der Waals surface area (Å²) in [5.41, 5.74) is 7.44. The predicted molar refractivity (Wildman–Crippen MR) is 316 cm³/mol. The number of likely N-dealkylation sites (tertiary alicyclic amines) is 1. The Bertz CT molecular complexity index is 3900. The number of aliphatic hydroxyl groups is 1. The summed E-state index contributed by atoms with van der Waals surface area (Å²) in [7, 11) is 2.47. The topological polar surface area (TPSA) is 232 Å². The minimum atomic E-state index is -5.03. The lowest BCUT2D eigenvalue weighted by molar-refractivity contribution is -0.142. The number of alkyl halides is 3. The van der Waals surface area contributed by atoms with Crippen molar-refractivity contribution in [1.29, 1.82) is 5.26 Å². The lowest BCUT2D eigenvalue weighted by Gasteiger charge is -2.35. The van der Waals surface area contributed by atoms with Gasteiger partial charge in [0.05, 0.1) is 54.1 Å². The van der Waals surface area contributed by atoms with Gasteiger partial charge in [-0.15, -0.1) is 25.7 Å². The number of fused-ring (bicyclic) bond motifs is 4. The number of nitrogens with two attached hydrogens (primary N) is 1. The van der Waals surface area contributed by atoms with Crippen LogP contribution in [0.4, 0.5) is 32.8 Å². The summed E-state index contributed by atoms with van der Waals surface area (Å²) < 4.78 is 98.5. The number of pyridine rings is 1. The van der Waals surface area contributed by atoms with Crippen molar-refractivity contribution in [2.24, 2.45) is 5.92 Å². The lowest BCUT2D eigenvalue weighted by atomic mass is 9.92. The van der Waals surface area contributed by atoms with Crippen LogP contribution in [-0.2, 0) is 27.1 Å². The summed E-state index contributed by atoms with van der Waals surface area (Å²) >= 11 is 0.764. The number of ether oxygens (including phenoxy) is 3. The van der Waals surface area contributed by atoms with Crippen molar-refractivity contribution in [2.45, 2.75) is 101 Å². The van der Waals surface area contributed by atoms with E-state index in [0.717, 1.165) is 42.5 Å². The van der Waals surface area contributed by atoms with Gasteiger partial charge in [0.15, 0.2) is 5.75 Å². The zero-order chi connectivity index (χ0) is 60.1. The molecule has 12 rings (SSSR count). The van der Waals surface area contributed by atoms with Crippen LogP contribution in [0.15, 0.2) is 85.3 Å². The van der Waals surface area contributed by atoms with Gasteiger partial charge in [-0.1, -0.05) is 73.7 Å². The summed E-state index contributed by atoms with van der Waals surface area (Å²) in [6.07, 6.45) is 2.73. The highest BCUT2D eigenvalue weighted by Gasteiger charge is 2.42. The van der Waals surface area contributed by atoms with Gasteiger partial charge in [-0.3, -0.25) is 14.6 Å². The first-order valence-corrected chi connectivity index (χ1v) is 29.8. The quantitative estimate of drug-likeness (QED) is 0.0522. The first-order valence-electron chi connectivity index (χ1n) is 28.4. The highest BCUT2D eigenvalue weighted by atomic mass is 32.1. The molecule has 2 amide bonds. The number of anilines is 2. The number of halogens is 5. The number of benzene rings is 4. The number of aliphatic hydroxyl groups excluding tert-OH is 1. The van der Waals surface area contributed by atoms with Crippen LogP contribution in [0.5, 0.6) is 11.8 Å². The van der Waals surface area contributed by atoms with E-state index in [1.807, 2.05) is 24.8 Å². The Balaban J connectivity index is 0.839. The first-order chi connectivity index (χ1) is 41.5. The van der Waals surface area contributed by atoms with E-state index >= 15 is 17.6 Å². The Labute approximate surface area is 497 Å². The number of amides is 2. The van der Waals surface area contributed by atoms with Crippen LogP contribution in [0.1, 0.15) is 86.7 Å². The van der Waals surface area contributed by atoms with Gasteiger partial charge in [-0.25, -0.2) is 13.5 Å². The molecule has 2 bridgehead atoms. The number of nitrogens with zero attached hydrogens (tertiary/aromatic N) is 9. The van der Waals surface area contributed by atoms with Crippen molar-refractivity contribution in [3.63, 3.8) is 0 Å². The number of hydrogen-bond donors (Lipinski definition) is 4. The van der Waals surface area contributed by atoms with E-state index in [4.69, 9.17) is 29.9 Å². The molecule has 86 heavy (non-hydrogen) atoms. The second-order valence-electron chi connectivity index (χ2n) is 22.5. The van der Waals surface area contributed by atoms with Gasteiger partial charge in [0.2, 0.25) is 11.8 Å². The minimum Gasteiger partial charge on any atom is -0.486 e. The van der Waals surface area contributed by atoms with Gasteiger partial charge in [0, 0.05) is 78.2 Å². The van der Waals surface area contributed by atoms with Crippen molar-refractivity contribution in [3.8, 4) is 51.3 Å². The van der Waals surface area contributed by atoms with Crippen molar-refractivity contribution >= 4 is 69.5 Å². The van der Waals surface area contributed by atoms with Crippen molar-refractivity contribution in [3.05, 3.63) is 119 Å². The molecule has 6 atom stereocenters. The van der Waals surface area contributed by atoms with Crippen LogP contribution in [0.25, 0.3) is 54.5 Å². The third-order valence-corrected chi connectivity index (χ3v) is 18.0. The average molecular weight is 1220 g/mol. The molecule has 8 heterocycles. The summed E-state index contributed by atoms with van der Waals surface area (Å²) in [4.78, 5) is 45.7. The number of rotatable bonds is 16. The molecule has 4 aromatic carbocycles. The predicted octanol–water partition coefficient (Wildman–Crippen LogP) is 9.20. The monoisotopic (exact) mass is 1210 g/mol. The van der Waals surface area contributed by atoms with E-state index in [2.05, 4.69) is 35.2 Å². The number of hydrogen-bond acceptors (Lipinski definition) is 16. The number of piperazine rings is 1. The summed E-state index contributed by atoms with van der Waals surface area (Å²) in [5, 5.41) is 36.6. The third kappa shape index (κ3) is 11.4. The molecule has 446 valence electrons. The molecule has 4 aliphatic rings. The van der Waals surface area contributed by atoms with Crippen molar-refractivity contribution in [1.82, 2.24) is 45.5 Å².